The molecule has 128 valence electrons. The maximum absolute atomic E-state index is 12.7. The lowest BCUT2D eigenvalue weighted by Gasteiger charge is -2.02. The van der Waals surface area contributed by atoms with Gasteiger partial charge in [-0.15, -0.1) is 21.5 Å². The molecule has 0 saturated carbocycles. The van der Waals surface area contributed by atoms with Gasteiger partial charge in [-0.3, -0.25) is 15.0 Å². The molecular weight excluding hydrogens is 358 g/mol. The van der Waals surface area contributed by atoms with E-state index in [-0.39, 0.29) is 16.8 Å². The van der Waals surface area contributed by atoms with Crippen LogP contribution in [0.15, 0.2) is 29.2 Å². The number of rotatable bonds is 4. The third-order valence-electron chi connectivity index (χ3n) is 3.46. The molecule has 8 heteroatoms. The normalized spacial score (nSPS) is 18.8. The van der Waals surface area contributed by atoms with Gasteiger partial charge in [-0.05, 0) is 30.2 Å². The molecule has 2 heterocycles. The van der Waals surface area contributed by atoms with Crippen molar-refractivity contribution >= 4 is 46.0 Å². The van der Waals surface area contributed by atoms with Gasteiger partial charge in [0.05, 0.1) is 9.95 Å². The molecule has 1 fully saturated rings. The Hall–Kier alpha value is -2.32. The summed E-state index contributed by atoms with van der Waals surface area (Å²) >= 11 is 2.53. The van der Waals surface area contributed by atoms with Gasteiger partial charge in [-0.25, -0.2) is 0 Å². The van der Waals surface area contributed by atoms with Crippen molar-refractivity contribution in [2.45, 2.75) is 26.2 Å². The Morgan fingerprint density at radius 1 is 1.32 bits per heavy atom. The Kier molecular flexibility index (Phi) is 5.10. The van der Waals surface area contributed by atoms with Gasteiger partial charge >= 0.3 is 5.97 Å². The van der Waals surface area contributed by atoms with Crippen molar-refractivity contribution in [3.8, 4) is 5.75 Å². The fraction of sp³-hybridized carbons (Fsp3) is 0.235. The number of aromatic nitrogens is 2. The van der Waals surface area contributed by atoms with Gasteiger partial charge < -0.3 is 4.74 Å². The van der Waals surface area contributed by atoms with E-state index in [0.717, 1.165) is 28.8 Å². The first-order valence-electron chi connectivity index (χ1n) is 7.61. The number of benzene rings is 1. The van der Waals surface area contributed by atoms with Gasteiger partial charge in [0, 0.05) is 6.92 Å². The second-order valence-electron chi connectivity index (χ2n) is 5.32. The molecule has 1 aliphatic heterocycles. The van der Waals surface area contributed by atoms with Crippen LogP contribution < -0.4 is 4.74 Å². The lowest BCUT2D eigenvalue weighted by molar-refractivity contribution is -0.131. The molecule has 1 aliphatic rings. The molecule has 0 bridgehead atoms. The highest BCUT2D eigenvalue weighted by atomic mass is 32.2. The van der Waals surface area contributed by atoms with Crippen LogP contribution in [0.1, 0.15) is 35.3 Å². The molecule has 1 aromatic heterocycles. The number of esters is 1. The van der Waals surface area contributed by atoms with Gasteiger partial charge in [0.2, 0.25) is 0 Å². The van der Waals surface area contributed by atoms with Gasteiger partial charge in [0.25, 0.3) is 0 Å². The van der Waals surface area contributed by atoms with E-state index < -0.39 is 5.92 Å². The van der Waals surface area contributed by atoms with E-state index >= 15 is 0 Å². The molecule has 1 saturated heterocycles. The van der Waals surface area contributed by atoms with Crippen LogP contribution in [0, 0.1) is 5.41 Å². The number of nitrogens with one attached hydrogen (secondary N) is 1. The zero-order chi connectivity index (χ0) is 18.0. The summed E-state index contributed by atoms with van der Waals surface area (Å²) in [5.74, 6) is -0.703. The highest BCUT2D eigenvalue weighted by molar-refractivity contribution is 8.19. The Bertz CT molecular complexity index is 872. The lowest BCUT2D eigenvalue weighted by atomic mass is 10.1. The minimum absolute atomic E-state index is 0.127. The first kappa shape index (κ1) is 17.5. The van der Waals surface area contributed by atoms with E-state index in [1.54, 1.807) is 30.3 Å². The number of ether oxygens (including phenoxy) is 1. The van der Waals surface area contributed by atoms with Crippen molar-refractivity contribution in [3.63, 3.8) is 0 Å². The standard InChI is InChI=1S/C17H15N3O3S2/c1-3-13-19-20-17(25-13)14-15(22)12(24-16(14)18)8-10-4-6-11(7-5-10)23-9(2)21/h4-8,14,18H,3H2,1-2H3. The summed E-state index contributed by atoms with van der Waals surface area (Å²) in [5, 5.41) is 17.9. The van der Waals surface area contributed by atoms with Crippen LogP contribution in [-0.2, 0) is 16.0 Å². The Morgan fingerprint density at radius 3 is 2.64 bits per heavy atom. The summed E-state index contributed by atoms with van der Waals surface area (Å²) in [6, 6.07) is 6.85. The van der Waals surface area contributed by atoms with E-state index in [0.29, 0.717) is 15.7 Å². The smallest absolute Gasteiger partial charge is 0.308 e. The molecular formula is C17H15N3O3S2. The van der Waals surface area contributed by atoms with Crippen LogP contribution in [0.3, 0.4) is 0 Å². The van der Waals surface area contributed by atoms with Gasteiger partial charge in [0.15, 0.2) is 5.78 Å². The monoisotopic (exact) mass is 373 g/mol. The third kappa shape index (κ3) is 3.85. The van der Waals surface area contributed by atoms with Crippen LogP contribution >= 0.6 is 23.1 Å². The second kappa shape index (κ2) is 7.28. The minimum Gasteiger partial charge on any atom is -0.427 e. The lowest BCUT2D eigenvalue weighted by Crippen LogP contribution is -2.11. The van der Waals surface area contributed by atoms with Crippen molar-refractivity contribution in [1.29, 1.82) is 5.41 Å². The van der Waals surface area contributed by atoms with Gasteiger partial charge in [-0.1, -0.05) is 30.8 Å². The van der Waals surface area contributed by atoms with E-state index in [1.807, 2.05) is 6.92 Å². The average Bonchev–Trinajstić information content (AvgIpc) is 3.13. The van der Waals surface area contributed by atoms with Crippen molar-refractivity contribution in [2.24, 2.45) is 0 Å². The van der Waals surface area contributed by atoms with Crippen LogP contribution in [0.2, 0.25) is 0 Å². The van der Waals surface area contributed by atoms with E-state index in [9.17, 15) is 9.59 Å². The SMILES string of the molecule is CCc1nnc(C2C(=N)SC(=Cc3ccc(OC(C)=O)cc3)C2=O)s1. The molecule has 2 aromatic rings. The summed E-state index contributed by atoms with van der Waals surface area (Å²) in [6.45, 7) is 3.32. The second-order valence-corrected chi connectivity index (χ2v) is 7.50. The van der Waals surface area contributed by atoms with Crippen LogP contribution in [0.25, 0.3) is 6.08 Å². The highest BCUT2D eigenvalue weighted by Gasteiger charge is 2.39. The number of carbonyl (C=O) groups is 2. The van der Waals surface area contributed by atoms with E-state index in [1.165, 1.54) is 18.3 Å². The number of allylic oxidation sites excluding steroid dienone is 1. The van der Waals surface area contributed by atoms with Crippen molar-refractivity contribution in [1.82, 2.24) is 10.2 Å². The van der Waals surface area contributed by atoms with E-state index in [2.05, 4.69) is 10.2 Å². The predicted octanol–water partition coefficient (Wildman–Crippen LogP) is 3.44. The van der Waals surface area contributed by atoms with Crippen LogP contribution in [0.5, 0.6) is 5.75 Å². The zero-order valence-corrected chi connectivity index (χ0v) is 15.2. The van der Waals surface area contributed by atoms with Crippen molar-refractivity contribution in [3.05, 3.63) is 44.7 Å². The number of ketones is 1. The first-order chi connectivity index (χ1) is 12.0. The molecule has 25 heavy (non-hydrogen) atoms. The molecule has 1 atom stereocenters. The predicted molar refractivity (Wildman–Crippen MR) is 98.1 cm³/mol. The summed E-state index contributed by atoms with van der Waals surface area (Å²) in [5.41, 5.74) is 0.798. The van der Waals surface area contributed by atoms with E-state index in [4.69, 9.17) is 10.1 Å². The number of carbonyl (C=O) groups excluding carboxylic acids is 2. The number of nitrogens with zero attached hydrogens (tertiary/aromatic N) is 2. The zero-order valence-electron chi connectivity index (χ0n) is 13.6. The summed E-state index contributed by atoms with van der Waals surface area (Å²) < 4.78 is 4.99. The molecule has 1 unspecified atom stereocenters. The minimum atomic E-state index is -0.644. The summed E-state index contributed by atoms with van der Waals surface area (Å²) in [4.78, 5) is 24.1. The number of thioether (sulfide) groups is 1. The fourth-order valence-corrected chi connectivity index (χ4v) is 4.24. The topological polar surface area (TPSA) is 93.0 Å². The largest absolute Gasteiger partial charge is 0.427 e. The molecule has 0 radical (unpaired) electrons. The number of aryl methyl sites for hydroxylation is 1. The molecule has 6 nitrogen and oxygen atoms in total. The average molecular weight is 373 g/mol. The molecule has 0 amide bonds. The third-order valence-corrected chi connectivity index (χ3v) is 5.59. The maximum Gasteiger partial charge on any atom is 0.308 e. The number of Topliss-reactive ketones (excluding diaryl/α,β-unsaturated/α-hetero) is 1. The first-order valence-corrected chi connectivity index (χ1v) is 9.24. The number of hydrogen-bond acceptors (Lipinski definition) is 8. The van der Waals surface area contributed by atoms with Crippen molar-refractivity contribution < 1.29 is 14.3 Å². The maximum atomic E-state index is 12.7. The Morgan fingerprint density at radius 2 is 2.04 bits per heavy atom. The fourth-order valence-electron chi connectivity index (χ4n) is 2.29. The molecule has 3 rings (SSSR count). The number of hydrogen-bond donors (Lipinski definition) is 1. The molecule has 0 spiro atoms. The highest BCUT2D eigenvalue weighted by Crippen LogP contribution is 2.41. The molecule has 1 aromatic carbocycles. The van der Waals surface area contributed by atoms with Gasteiger partial charge in [-0.2, -0.15) is 0 Å². The van der Waals surface area contributed by atoms with Gasteiger partial charge in [0.1, 0.15) is 21.7 Å². The van der Waals surface area contributed by atoms with Crippen LogP contribution in [0.4, 0.5) is 0 Å². The summed E-state index contributed by atoms with van der Waals surface area (Å²) in [6.07, 6.45) is 2.50. The Labute approximate surface area is 152 Å². The molecule has 1 N–H and O–H groups in total. The van der Waals surface area contributed by atoms with Crippen LogP contribution in [-0.4, -0.2) is 27.0 Å². The Balaban J connectivity index is 1.81. The molecule has 0 aliphatic carbocycles. The quantitative estimate of drug-likeness (QED) is 0.501. The van der Waals surface area contributed by atoms with Crippen molar-refractivity contribution in [2.75, 3.05) is 0 Å². The summed E-state index contributed by atoms with van der Waals surface area (Å²) in [7, 11) is 0.